The van der Waals surface area contributed by atoms with Gasteiger partial charge in [0, 0.05) is 19.6 Å². The first-order valence-electron chi connectivity index (χ1n) is 12.3. The van der Waals surface area contributed by atoms with Crippen molar-refractivity contribution in [2.45, 2.75) is 23.6 Å². The number of nitrogens with zero attached hydrogens (tertiary/aromatic N) is 2. The Balaban J connectivity index is 1.41. The van der Waals surface area contributed by atoms with Gasteiger partial charge in [0.15, 0.2) is 11.5 Å². The zero-order valence-corrected chi connectivity index (χ0v) is 21.7. The fraction of sp³-hybridized carbons (Fsp3) is 0.269. The van der Waals surface area contributed by atoms with Crippen LogP contribution in [0.4, 0.5) is 0 Å². The van der Waals surface area contributed by atoms with Gasteiger partial charge in [0.25, 0.3) is 0 Å². The minimum absolute atomic E-state index is 0.0175. The summed E-state index contributed by atoms with van der Waals surface area (Å²) in [6.45, 7) is 0.839. The lowest BCUT2D eigenvalue weighted by Gasteiger charge is -2.33. The van der Waals surface area contributed by atoms with Crippen LogP contribution >= 0.6 is 0 Å². The number of carbonyl (C=O) groups is 1. The minimum Gasteiger partial charge on any atom is -0.408 e. The van der Waals surface area contributed by atoms with Crippen molar-refractivity contribution in [2.24, 2.45) is 5.73 Å². The molecule has 1 aromatic heterocycles. The first-order valence-corrected chi connectivity index (χ1v) is 13.8. The summed E-state index contributed by atoms with van der Waals surface area (Å²) in [5.41, 5.74) is 6.32. The molecule has 1 aliphatic heterocycles. The lowest BCUT2D eigenvalue weighted by Crippen LogP contribution is -2.54. The van der Waals surface area contributed by atoms with Crippen molar-refractivity contribution in [2.75, 3.05) is 26.2 Å². The van der Waals surface area contributed by atoms with E-state index in [1.54, 1.807) is 47.4 Å². The molecule has 3 aromatic carbocycles. The number of morpholine rings is 1. The first-order chi connectivity index (χ1) is 18.7. The van der Waals surface area contributed by atoms with Crippen molar-refractivity contribution < 1.29 is 22.4 Å². The second-order valence-corrected chi connectivity index (χ2v) is 10.9. The molecule has 1 saturated heterocycles. The molecule has 0 aliphatic carbocycles. The first kappa shape index (κ1) is 26.4. The van der Waals surface area contributed by atoms with Crippen molar-refractivity contribution >= 4 is 43.8 Å². The predicted molar refractivity (Wildman–Crippen MR) is 145 cm³/mol. The number of fused-ring (bicyclic) bond motifs is 2. The van der Waals surface area contributed by atoms with Gasteiger partial charge in [-0.3, -0.25) is 14.8 Å². The number of aromatic nitrogens is 1. The highest BCUT2D eigenvalue weighted by molar-refractivity contribution is 7.89. The number of sulfonamides is 1. The van der Waals surface area contributed by atoms with E-state index in [2.05, 4.69) is 10.0 Å². The third-order valence-electron chi connectivity index (χ3n) is 6.57. The highest BCUT2D eigenvalue weighted by Crippen LogP contribution is 2.20. The Morgan fingerprint density at radius 3 is 2.64 bits per heavy atom. The van der Waals surface area contributed by atoms with E-state index in [-0.39, 0.29) is 23.9 Å². The van der Waals surface area contributed by atoms with Gasteiger partial charge in [0.1, 0.15) is 6.04 Å². The Kier molecular flexibility index (Phi) is 7.37. The van der Waals surface area contributed by atoms with Crippen LogP contribution in [0.1, 0.15) is 0 Å². The molecule has 39 heavy (non-hydrogen) atoms. The summed E-state index contributed by atoms with van der Waals surface area (Å²) in [5, 5.41) is 11.9. The van der Waals surface area contributed by atoms with E-state index >= 15 is 0 Å². The number of amides is 1. The molecule has 4 aromatic rings. The number of oxazole rings is 1. The highest BCUT2D eigenvalue weighted by Gasteiger charge is 2.29. The zero-order valence-electron chi connectivity index (χ0n) is 20.9. The second kappa shape index (κ2) is 10.9. The summed E-state index contributed by atoms with van der Waals surface area (Å²) in [4.78, 5) is 27.6. The zero-order chi connectivity index (χ0) is 27.6. The third-order valence-corrected chi connectivity index (χ3v) is 8.04. The molecule has 5 N–H and O–H groups in total. The molecule has 0 bridgehead atoms. The van der Waals surface area contributed by atoms with Gasteiger partial charge in [-0.25, -0.2) is 13.2 Å². The molecular formula is C26H28N6O6S. The topological polar surface area (TPSA) is 173 Å². The number of ether oxygens (including phenoxy) is 1. The van der Waals surface area contributed by atoms with E-state index in [1.165, 1.54) is 16.7 Å². The summed E-state index contributed by atoms with van der Waals surface area (Å²) >= 11 is 0. The molecule has 0 radical (unpaired) electrons. The number of guanidine groups is 1. The van der Waals surface area contributed by atoms with Crippen LogP contribution < -0.4 is 21.5 Å². The van der Waals surface area contributed by atoms with Gasteiger partial charge >= 0.3 is 5.76 Å². The molecule has 13 heteroatoms. The van der Waals surface area contributed by atoms with E-state index < -0.39 is 33.8 Å². The van der Waals surface area contributed by atoms with E-state index in [4.69, 9.17) is 20.3 Å². The molecule has 1 fully saturated rings. The van der Waals surface area contributed by atoms with Crippen LogP contribution in [0.5, 0.6) is 0 Å². The minimum atomic E-state index is -4.17. The Bertz CT molecular complexity index is 1700. The number of rotatable bonds is 8. The quantitative estimate of drug-likeness (QED) is 0.184. The van der Waals surface area contributed by atoms with E-state index in [1.807, 2.05) is 12.1 Å². The number of benzene rings is 3. The van der Waals surface area contributed by atoms with Crippen LogP contribution in [0.2, 0.25) is 0 Å². The normalized spacial score (nSPS) is 16.8. The standard InChI is InChI=1S/C26H28N6O6S/c27-25(28)31-11-12-37-19(15-31)14-29-24(33)21(16-32-22-7-3-4-8-23(22)38-26(32)34)30-39(35,36)20-10-9-17-5-1-2-6-18(17)13-20/h1-10,13,19,21,30H,11-12,14-16H2,(H3,27,28)(H,29,33)/t19?,21-/m1/s1. The molecule has 2 heterocycles. The predicted octanol–water partition coefficient (Wildman–Crippen LogP) is 0.805. The molecule has 0 saturated carbocycles. The lowest BCUT2D eigenvalue weighted by molar-refractivity contribution is -0.124. The largest absolute Gasteiger partial charge is 0.420 e. The van der Waals surface area contributed by atoms with Crippen LogP contribution in [-0.4, -0.2) is 68.1 Å². The average Bonchev–Trinajstić information content (AvgIpc) is 3.25. The Morgan fingerprint density at radius 2 is 1.85 bits per heavy atom. The average molecular weight is 553 g/mol. The number of carbonyl (C=O) groups excluding carboxylic acids is 1. The number of hydrogen-bond acceptors (Lipinski definition) is 7. The third kappa shape index (κ3) is 5.79. The van der Waals surface area contributed by atoms with E-state index in [0.717, 1.165) is 10.8 Å². The van der Waals surface area contributed by atoms with Crippen molar-refractivity contribution in [3.8, 4) is 0 Å². The van der Waals surface area contributed by atoms with Crippen LogP contribution in [-0.2, 0) is 26.1 Å². The molecule has 12 nitrogen and oxygen atoms in total. The summed E-state index contributed by atoms with van der Waals surface area (Å²) in [5.74, 6) is -1.46. The number of nitrogens with one attached hydrogen (secondary N) is 3. The van der Waals surface area contributed by atoms with Crippen LogP contribution in [0.25, 0.3) is 21.9 Å². The van der Waals surface area contributed by atoms with Crippen LogP contribution in [0.3, 0.4) is 0 Å². The molecule has 204 valence electrons. The fourth-order valence-electron chi connectivity index (χ4n) is 4.53. The molecule has 0 spiro atoms. The summed E-state index contributed by atoms with van der Waals surface area (Å²) in [6, 6.07) is 17.3. The summed E-state index contributed by atoms with van der Waals surface area (Å²) < 4.78 is 41.5. The van der Waals surface area contributed by atoms with Crippen molar-refractivity contribution in [3.05, 3.63) is 77.3 Å². The van der Waals surface area contributed by atoms with Gasteiger partial charge in [0.2, 0.25) is 15.9 Å². The van der Waals surface area contributed by atoms with E-state index in [0.29, 0.717) is 30.8 Å². The molecule has 5 rings (SSSR count). The SMILES string of the molecule is N=C(N)N1CCOC(CNC(=O)[C@@H](Cn2c(=O)oc3ccccc32)NS(=O)(=O)c2ccc3ccccc3c2)C1. The van der Waals surface area contributed by atoms with Gasteiger partial charge in [0.05, 0.1) is 29.7 Å². The molecule has 1 unspecified atom stereocenters. The second-order valence-electron chi connectivity index (χ2n) is 9.20. The number of nitrogens with two attached hydrogens (primary N) is 1. The fourth-order valence-corrected chi connectivity index (χ4v) is 5.75. The van der Waals surface area contributed by atoms with Crippen LogP contribution in [0.15, 0.2) is 80.8 Å². The van der Waals surface area contributed by atoms with Gasteiger partial charge in [-0.05, 0) is 35.0 Å². The summed E-state index contributed by atoms with van der Waals surface area (Å²) in [6.07, 6.45) is -0.457. The number of hydrogen-bond donors (Lipinski definition) is 4. The van der Waals surface area contributed by atoms with Gasteiger partial charge in [-0.1, -0.05) is 42.5 Å². The van der Waals surface area contributed by atoms with Crippen molar-refractivity contribution in [1.29, 1.82) is 5.41 Å². The molecule has 1 aliphatic rings. The number of para-hydroxylation sites is 2. The summed E-state index contributed by atoms with van der Waals surface area (Å²) in [7, 11) is -4.17. The Morgan fingerprint density at radius 1 is 1.10 bits per heavy atom. The monoisotopic (exact) mass is 552 g/mol. The van der Waals surface area contributed by atoms with Crippen molar-refractivity contribution in [3.63, 3.8) is 0 Å². The van der Waals surface area contributed by atoms with E-state index in [9.17, 15) is 18.0 Å². The van der Waals surface area contributed by atoms with Crippen LogP contribution in [0, 0.1) is 5.41 Å². The maximum atomic E-state index is 13.4. The Labute approximate surface area is 223 Å². The molecule has 1 amide bonds. The Hall–Kier alpha value is -4.20. The van der Waals surface area contributed by atoms with Gasteiger partial charge in [-0.15, -0.1) is 0 Å². The van der Waals surface area contributed by atoms with Crippen molar-refractivity contribution in [1.82, 2.24) is 19.5 Å². The molecular weight excluding hydrogens is 524 g/mol. The van der Waals surface area contributed by atoms with Gasteiger partial charge < -0.3 is 25.1 Å². The lowest BCUT2D eigenvalue weighted by atomic mass is 10.1. The maximum absolute atomic E-state index is 13.4. The molecule has 2 atom stereocenters. The smallest absolute Gasteiger partial charge is 0.408 e. The maximum Gasteiger partial charge on any atom is 0.420 e. The van der Waals surface area contributed by atoms with Gasteiger partial charge in [-0.2, -0.15) is 4.72 Å². The highest BCUT2D eigenvalue weighted by atomic mass is 32.2.